The fourth-order valence-electron chi connectivity index (χ4n) is 6.40. The van der Waals surface area contributed by atoms with Gasteiger partial charge in [0.05, 0.1) is 0 Å². The number of pyridine rings is 2. The van der Waals surface area contributed by atoms with E-state index in [1.54, 1.807) is 12.3 Å². The quantitative estimate of drug-likeness (QED) is 0.127. The number of hydrogen-bond donors (Lipinski definition) is 0. The summed E-state index contributed by atoms with van der Waals surface area (Å²) in [4.78, 5) is 9.03. The first kappa shape index (κ1) is 33.9. The summed E-state index contributed by atoms with van der Waals surface area (Å²) in [5, 5.41) is 4.94. The van der Waals surface area contributed by atoms with Crippen molar-refractivity contribution in [3.63, 3.8) is 0 Å². The van der Waals surface area contributed by atoms with Gasteiger partial charge in [0.15, 0.2) is 0 Å². The normalized spacial score (nSPS) is 11.9. The van der Waals surface area contributed by atoms with E-state index in [4.69, 9.17) is 2.74 Å². The molecule has 0 atom stereocenters. The van der Waals surface area contributed by atoms with Crippen LogP contribution in [-0.4, -0.2) is 9.97 Å². The summed E-state index contributed by atoms with van der Waals surface area (Å²) in [6.45, 7) is 9.92. The van der Waals surface area contributed by atoms with Crippen LogP contribution in [0.1, 0.15) is 40.2 Å². The van der Waals surface area contributed by atoms with E-state index in [1.807, 2.05) is 57.3 Å². The second kappa shape index (κ2) is 16.0. The molecule has 8 rings (SSSR count). The Labute approximate surface area is 324 Å². The van der Waals surface area contributed by atoms with E-state index in [2.05, 4.69) is 139 Å². The molecule has 0 spiro atoms. The van der Waals surface area contributed by atoms with Crippen molar-refractivity contribution < 1.29 is 22.8 Å². The molecule has 0 fully saturated rings. The largest absolute Gasteiger partial charge is 0.305 e. The van der Waals surface area contributed by atoms with E-state index < -0.39 is 11.8 Å². The summed E-state index contributed by atoms with van der Waals surface area (Å²) in [6.07, 6.45) is 2.16. The maximum absolute atomic E-state index is 8.60. The Morgan fingerprint density at radius 1 is 0.596 bits per heavy atom. The Morgan fingerprint density at radius 3 is 1.94 bits per heavy atom. The molecule has 0 bridgehead atoms. The van der Waals surface area contributed by atoms with Crippen molar-refractivity contribution in [3.8, 4) is 44.8 Å². The van der Waals surface area contributed by atoms with Crippen LogP contribution in [0.15, 0.2) is 152 Å². The SMILES string of the molecule is Cc1c[c-]c(-c2cc(-c3ccccc3)c(C)cn2)cc1.[2H]C([2H])(c1ccnc(-c2[c-]cc(-c3cc4ccccc4c4ccccc34)cc2)c1)C(C)(C)C.[Ir]. The number of benzene rings is 6. The number of aromatic nitrogens is 2. The summed E-state index contributed by atoms with van der Waals surface area (Å²) >= 11 is 0. The molecule has 0 saturated carbocycles. The van der Waals surface area contributed by atoms with Gasteiger partial charge in [0.2, 0.25) is 0 Å². The van der Waals surface area contributed by atoms with Gasteiger partial charge < -0.3 is 9.97 Å². The third-order valence-electron chi connectivity index (χ3n) is 8.88. The summed E-state index contributed by atoms with van der Waals surface area (Å²) in [5.41, 5.74) is 10.8. The van der Waals surface area contributed by atoms with Crippen molar-refractivity contribution in [2.24, 2.45) is 5.41 Å². The minimum Gasteiger partial charge on any atom is -0.305 e. The maximum atomic E-state index is 8.60. The van der Waals surface area contributed by atoms with Gasteiger partial charge in [-0.3, -0.25) is 0 Å². The van der Waals surface area contributed by atoms with E-state index in [1.165, 1.54) is 49.4 Å². The number of fused-ring (bicyclic) bond motifs is 3. The van der Waals surface area contributed by atoms with Gasteiger partial charge in [-0.05, 0) is 74.4 Å². The van der Waals surface area contributed by atoms with Gasteiger partial charge in [0.1, 0.15) is 0 Å². The van der Waals surface area contributed by atoms with Gasteiger partial charge in [0.25, 0.3) is 0 Å². The molecule has 0 aliphatic carbocycles. The second-order valence-electron chi connectivity index (χ2n) is 14.0. The fraction of sp³-hybridized carbons (Fsp3) is 0.143. The third kappa shape index (κ3) is 8.45. The predicted molar refractivity (Wildman–Crippen MR) is 216 cm³/mol. The molecule has 259 valence electrons. The first-order chi connectivity index (χ1) is 25.5. The van der Waals surface area contributed by atoms with Crippen molar-refractivity contribution in [1.29, 1.82) is 0 Å². The Kier molecular flexibility index (Phi) is 10.4. The molecule has 2 aromatic heterocycles. The maximum Gasteiger partial charge on any atom is 0.0321 e. The first-order valence-electron chi connectivity index (χ1n) is 18.4. The summed E-state index contributed by atoms with van der Waals surface area (Å²) in [7, 11) is 0. The second-order valence-corrected chi connectivity index (χ2v) is 14.0. The van der Waals surface area contributed by atoms with E-state index in [-0.39, 0.29) is 20.1 Å². The van der Waals surface area contributed by atoms with Crippen molar-refractivity contribution in [2.75, 3.05) is 0 Å². The zero-order chi connectivity index (χ0) is 37.2. The van der Waals surface area contributed by atoms with Crippen molar-refractivity contribution >= 4 is 21.5 Å². The van der Waals surface area contributed by atoms with Crippen molar-refractivity contribution in [2.45, 2.75) is 41.0 Å². The summed E-state index contributed by atoms with van der Waals surface area (Å²) < 4.78 is 17.2. The van der Waals surface area contributed by atoms with Crippen LogP contribution in [0.2, 0.25) is 0 Å². The van der Waals surface area contributed by atoms with E-state index in [0.717, 1.165) is 28.1 Å². The summed E-state index contributed by atoms with van der Waals surface area (Å²) in [5.74, 6) is 0. The minimum absolute atomic E-state index is 0. The van der Waals surface area contributed by atoms with Crippen LogP contribution < -0.4 is 0 Å². The van der Waals surface area contributed by atoms with Crippen molar-refractivity contribution in [1.82, 2.24) is 9.97 Å². The number of aryl methyl sites for hydroxylation is 2. The Bertz CT molecular complexity index is 2520. The zero-order valence-electron chi connectivity index (χ0n) is 32.2. The van der Waals surface area contributed by atoms with Crippen molar-refractivity contribution in [3.05, 3.63) is 181 Å². The number of nitrogens with zero attached hydrogens (tertiary/aromatic N) is 2. The molecule has 52 heavy (non-hydrogen) atoms. The average molecular weight is 853 g/mol. The molecule has 0 amide bonds. The molecule has 1 radical (unpaired) electrons. The topological polar surface area (TPSA) is 25.8 Å². The monoisotopic (exact) mass is 853 g/mol. The molecule has 0 aliphatic heterocycles. The molecule has 0 saturated heterocycles. The molecular weight excluding hydrogens is 809 g/mol. The van der Waals surface area contributed by atoms with Crippen LogP contribution in [0.25, 0.3) is 66.3 Å². The predicted octanol–water partition coefficient (Wildman–Crippen LogP) is 12.9. The Balaban J connectivity index is 0.000000203. The fourth-order valence-corrected chi connectivity index (χ4v) is 6.40. The number of rotatable bonds is 5. The van der Waals surface area contributed by atoms with Gasteiger partial charge in [0, 0.05) is 35.2 Å². The van der Waals surface area contributed by atoms with Crippen LogP contribution >= 0.6 is 0 Å². The standard InChI is InChI=1S/C30H26N.C19H16N.Ir/c1-30(2,3)20-21-16-17-31-29(18-21)23-14-12-22(13-15-23)28-19-24-8-4-5-9-25(24)26-10-6-7-11-27(26)28;1-14-8-10-17(11-9-14)19-12-18(15(2)13-20-19)16-6-4-3-5-7-16;/h4-14,16-19H,20H2,1-3H3;3-10,12-13H,1-2H3;/q2*-1;/i20D2;;. The third-order valence-corrected chi connectivity index (χ3v) is 8.88. The van der Waals surface area contributed by atoms with Gasteiger partial charge in [-0.1, -0.05) is 141 Å². The molecule has 3 heteroatoms. The zero-order valence-corrected chi connectivity index (χ0v) is 32.6. The smallest absolute Gasteiger partial charge is 0.0321 e. The van der Waals surface area contributed by atoms with Crippen LogP contribution in [0.4, 0.5) is 0 Å². The average Bonchev–Trinajstić information content (AvgIpc) is 3.18. The van der Waals surface area contributed by atoms with E-state index >= 15 is 0 Å². The van der Waals surface area contributed by atoms with Crippen LogP contribution in [0.5, 0.6) is 0 Å². The Hall–Kier alpha value is -5.21. The van der Waals surface area contributed by atoms with Gasteiger partial charge in [-0.15, -0.1) is 65.2 Å². The molecule has 0 N–H and O–H groups in total. The van der Waals surface area contributed by atoms with Crippen LogP contribution in [0.3, 0.4) is 0 Å². The minimum atomic E-state index is -1.46. The van der Waals surface area contributed by atoms with Crippen LogP contribution in [-0.2, 0) is 26.5 Å². The molecule has 2 nitrogen and oxygen atoms in total. The first-order valence-corrected chi connectivity index (χ1v) is 17.4. The van der Waals surface area contributed by atoms with Gasteiger partial charge in [-0.2, -0.15) is 0 Å². The molecule has 8 aromatic rings. The molecule has 6 aromatic carbocycles. The van der Waals surface area contributed by atoms with Gasteiger partial charge in [-0.25, -0.2) is 0 Å². The molecule has 0 aliphatic rings. The molecule has 0 unspecified atom stereocenters. The van der Waals surface area contributed by atoms with Crippen LogP contribution in [0, 0.1) is 31.4 Å². The molecule has 2 heterocycles. The molecular formula is C49H42IrN2-2. The van der Waals surface area contributed by atoms with E-state index in [0.29, 0.717) is 5.56 Å². The van der Waals surface area contributed by atoms with Gasteiger partial charge >= 0.3 is 0 Å². The number of hydrogen-bond acceptors (Lipinski definition) is 2. The van der Waals surface area contributed by atoms with E-state index in [9.17, 15) is 0 Å². The Morgan fingerprint density at radius 2 is 1.25 bits per heavy atom. The summed E-state index contributed by atoms with van der Waals surface area (Å²) in [6, 6.07) is 54.4.